The lowest BCUT2D eigenvalue weighted by molar-refractivity contribution is -0.121. The van der Waals surface area contributed by atoms with Crippen LogP contribution in [-0.2, 0) is 19.6 Å². The first-order valence-electron chi connectivity index (χ1n) is 14.8. The Labute approximate surface area is 246 Å². The van der Waals surface area contributed by atoms with Crippen LogP contribution in [0.1, 0.15) is 58.3 Å². The van der Waals surface area contributed by atoms with Gasteiger partial charge in [0.05, 0.1) is 4.90 Å². The molecule has 0 aliphatic carbocycles. The number of benzene rings is 2. The standard InChI is InChI=1S/C30H50N6O4S/c1-25(37)33-22-11-20-31-18-7-8-19-32-21-12-23-34-30(38)17-5-4-6-24-35-41(39,40)29-16-10-13-26-27(29)14-9-15-28(26)36(2)3/h9-10,13-16,31-32,35H,4-8,11-12,17-24H2,1-3H3,(H,33,37)(H,34,38). The van der Waals surface area contributed by atoms with E-state index in [2.05, 4.69) is 26.0 Å². The number of hydrogen-bond acceptors (Lipinski definition) is 7. The fourth-order valence-electron chi connectivity index (χ4n) is 4.52. The summed E-state index contributed by atoms with van der Waals surface area (Å²) in [6, 6.07) is 11.0. The average molecular weight is 591 g/mol. The lowest BCUT2D eigenvalue weighted by Crippen LogP contribution is -2.28. The van der Waals surface area contributed by atoms with E-state index in [9.17, 15) is 18.0 Å². The Morgan fingerprint density at radius 1 is 0.683 bits per heavy atom. The highest BCUT2D eigenvalue weighted by Gasteiger charge is 2.18. The van der Waals surface area contributed by atoms with Gasteiger partial charge in [-0.2, -0.15) is 0 Å². The maximum absolute atomic E-state index is 13.0. The second-order valence-corrected chi connectivity index (χ2v) is 12.2. The van der Waals surface area contributed by atoms with Crippen LogP contribution in [0.3, 0.4) is 0 Å². The Morgan fingerprint density at radius 3 is 1.93 bits per heavy atom. The van der Waals surface area contributed by atoms with E-state index in [0.717, 1.165) is 82.3 Å². The molecule has 41 heavy (non-hydrogen) atoms. The fourth-order valence-corrected chi connectivity index (χ4v) is 5.81. The Morgan fingerprint density at radius 2 is 1.27 bits per heavy atom. The van der Waals surface area contributed by atoms with Crippen molar-refractivity contribution in [2.24, 2.45) is 0 Å². The van der Waals surface area contributed by atoms with E-state index in [1.807, 2.05) is 43.3 Å². The van der Waals surface area contributed by atoms with Gasteiger partial charge in [0.2, 0.25) is 21.8 Å². The molecule has 0 saturated heterocycles. The molecule has 0 radical (unpaired) electrons. The van der Waals surface area contributed by atoms with Crippen LogP contribution >= 0.6 is 0 Å². The number of amides is 2. The van der Waals surface area contributed by atoms with Crippen LogP contribution in [-0.4, -0.2) is 80.1 Å². The second-order valence-electron chi connectivity index (χ2n) is 10.5. The number of fused-ring (bicyclic) bond motifs is 1. The molecule has 0 fully saturated rings. The minimum Gasteiger partial charge on any atom is -0.377 e. The summed E-state index contributed by atoms with van der Waals surface area (Å²) < 4.78 is 28.7. The number of unbranched alkanes of at least 4 members (excludes halogenated alkanes) is 3. The highest BCUT2D eigenvalue weighted by molar-refractivity contribution is 7.89. The summed E-state index contributed by atoms with van der Waals surface area (Å²) in [6.07, 6.45) is 6.67. The third-order valence-corrected chi connectivity index (χ3v) is 8.24. The summed E-state index contributed by atoms with van der Waals surface area (Å²) in [4.78, 5) is 25.1. The van der Waals surface area contributed by atoms with E-state index in [1.165, 1.54) is 6.92 Å². The van der Waals surface area contributed by atoms with Crippen LogP contribution in [0.25, 0.3) is 10.8 Å². The Hall–Kier alpha value is -2.73. The molecule has 11 heteroatoms. The van der Waals surface area contributed by atoms with Crippen molar-refractivity contribution in [1.82, 2.24) is 26.0 Å². The molecule has 10 nitrogen and oxygen atoms in total. The van der Waals surface area contributed by atoms with Gasteiger partial charge in [-0.3, -0.25) is 9.59 Å². The summed E-state index contributed by atoms with van der Waals surface area (Å²) in [5.74, 6) is 0.0613. The normalized spacial score (nSPS) is 11.5. The van der Waals surface area contributed by atoms with Crippen LogP contribution in [0.5, 0.6) is 0 Å². The Kier molecular flexibility index (Phi) is 16.3. The molecule has 2 rings (SSSR count). The number of hydrogen-bond donors (Lipinski definition) is 5. The van der Waals surface area contributed by atoms with Gasteiger partial charge in [0.15, 0.2) is 0 Å². The molecule has 5 N–H and O–H groups in total. The van der Waals surface area contributed by atoms with Crippen molar-refractivity contribution < 1.29 is 18.0 Å². The largest absolute Gasteiger partial charge is 0.377 e. The third kappa shape index (κ3) is 13.7. The molecule has 0 heterocycles. The molecule has 0 atom stereocenters. The quantitative estimate of drug-likeness (QED) is 0.133. The first-order valence-corrected chi connectivity index (χ1v) is 16.3. The summed E-state index contributed by atoms with van der Waals surface area (Å²) >= 11 is 0. The van der Waals surface area contributed by atoms with E-state index in [4.69, 9.17) is 0 Å². The molecule has 0 aromatic heterocycles. The van der Waals surface area contributed by atoms with Crippen molar-refractivity contribution in [3.63, 3.8) is 0 Å². The van der Waals surface area contributed by atoms with Crippen LogP contribution in [0, 0.1) is 0 Å². The van der Waals surface area contributed by atoms with Gasteiger partial charge in [-0.15, -0.1) is 0 Å². The molecule has 2 aromatic rings. The Balaban J connectivity index is 1.48. The predicted octanol–water partition coefficient (Wildman–Crippen LogP) is 2.74. The van der Waals surface area contributed by atoms with Crippen LogP contribution in [0.2, 0.25) is 0 Å². The first kappa shape index (κ1) is 34.5. The minimum absolute atomic E-state index is 0.0172. The maximum atomic E-state index is 13.0. The lowest BCUT2D eigenvalue weighted by Gasteiger charge is -2.17. The number of rotatable bonds is 22. The number of anilines is 1. The van der Waals surface area contributed by atoms with E-state index in [0.29, 0.717) is 31.3 Å². The third-order valence-electron chi connectivity index (χ3n) is 6.72. The average Bonchev–Trinajstić information content (AvgIpc) is 2.94. The zero-order valence-electron chi connectivity index (χ0n) is 25.1. The molecule has 0 bridgehead atoms. The molecule has 0 saturated carbocycles. The number of carbonyl (C=O) groups excluding carboxylic acids is 2. The maximum Gasteiger partial charge on any atom is 0.241 e. The van der Waals surface area contributed by atoms with Crippen molar-refractivity contribution in [2.75, 3.05) is 64.8 Å². The SMILES string of the molecule is CC(=O)NCCCNCCCCNCCCNC(=O)CCCCCNS(=O)(=O)c1cccc2c(N(C)C)cccc12. The number of nitrogens with zero attached hydrogens (tertiary/aromatic N) is 1. The zero-order chi connectivity index (χ0) is 29.9. The molecule has 230 valence electrons. The van der Waals surface area contributed by atoms with Gasteiger partial charge in [-0.05, 0) is 76.8 Å². The van der Waals surface area contributed by atoms with E-state index in [-0.39, 0.29) is 16.7 Å². The molecule has 0 unspecified atom stereocenters. The van der Waals surface area contributed by atoms with E-state index >= 15 is 0 Å². The van der Waals surface area contributed by atoms with Crippen LogP contribution in [0.4, 0.5) is 5.69 Å². The monoisotopic (exact) mass is 590 g/mol. The van der Waals surface area contributed by atoms with Crippen LogP contribution < -0.4 is 30.9 Å². The Bertz CT molecular complexity index is 1170. The molecule has 2 aromatic carbocycles. The minimum atomic E-state index is -3.63. The molecule has 0 aliphatic heterocycles. The predicted molar refractivity (Wildman–Crippen MR) is 168 cm³/mol. The molecular formula is C30H50N6O4S. The number of carbonyl (C=O) groups is 2. The molecule has 0 aliphatic rings. The lowest BCUT2D eigenvalue weighted by atomic mass is 10.1. The van der Waals surface area contributed by atoms with Crippen molar-refractivity contribution in [2.45, 2.75) is 63.2 Å². The second kappa shape index (κ2) is 19.4. The van der Waals surface area contributed by atoms with Crippen molar-refractivity contribution in [3.05, 3.63) is 36.4 Å². The summed E-state index contributed by atoms with van der Waals surface area (Å²) in [5.41, 5.74) is 0.974. The van der Waals surface area contributed by atoms with Gasteiger partial charge in [-0.1, -0.05) is 30.7 Å². The number of sulfonamides is 1. The van der Waals surface area contributed by atoms with Crippen molar-refractivity contribution >= 4 is 38.3 Å². The van der Waals surface area contributed by atoms with Crippen LogP contribution in [0.15, 0.2) is 41.3 Å². The van der Waals surface area contributed by atoms with Gasteiger partial charge in [-0.25, -0.2) is 13.1 Å². The van der Waals surface area contributed by atoms with Crippen molar-refractivity contribution in [1.29, 1.82) is 0 Å². The fraction of sp³-hybridized carbons (Fsp3) is 0.600. The highest BCUT2D eigenvalue weighted by atomic mass is 32.2. The molecule has 2 amide bonds. The smallest absolute Gasteiger partial charge is 0.241 e. The van der Waals surface area contributed by atoms with Gasteiger partial charge in [0, 0.05) is 63.5 Å². The van der Waals surface area contributed by atoms with Gasteiger partial charge < -0.3 is 26.2 Å². The first-order chi connectivity index (χ1) is 19.7. The van der Waals surface area contributed by atoms with Gasteiger partial charge in [0.25, 0.3) is 0 Å². The van der Waals surface area contributed by atoms with E-state index < -0.39 is 10.0 Å². The van der Waals surface area contributed by atoms with Gasteiger partial charge >= 0.3 is 0 Å². The number of nitrogens with one attached hydrogen (secondary N) is 5. The zero-order valence-corrected chi connectivity index (χ0v) is 25.9. The highest BCUT2D eigenvalue weighted by Crippen LogP contribution is 2.30. The van der Waals surface area contributed by atoms with Crippen molar-refractivity contribution in [3.8, 4) is 0 Å². The summed E-state index contributed by atoms with van der Waals surface area (Å²) in [6.45, 7) is 6.97. The molecular weight excluding hydrogens is 540 g/mol. The summed E-state index contributed by atoms with van der Waals surface area (Å²) in [7, 11) is 0.248. The topological polar surface area (TPSA) is 132 Å². The summed E-state index contributed by atoms with van der Waals surface area (Å²) in [5, 5.41) is 14.1. The van der Waals surface area contributed by atoms with E-state index in [1.54, 1.807) is 12.1 Å². The molecule has 0 spiro atoms. The van der Waals surface area contributed by atoms with Gasteiger partial charge in [0.1, 0.15) is 0 Å².